The molecule has 0 aromatic carbocycles. The van der Waals surface area contributed by atoms with E-state index < -0.39 is 0 Å². The molecule has 0 aromatic rings. The normalized spacial score (nSPS) is 34.0. The molecular formula is C12H21N3OS. The van der Waals surface area contributed by atoms with Gasteiger partial charge < -0.3 is 14.7 Å². The van der Waals surface area contributed by atoms with Gasteiger partial charge in [-0.05, 0) is 26.1 Å². The fraction of sp³-hybridized carbons (Fsp3) is 0.917. The molecule has 3 fully saturated rings. The third-order valence-corrected chi connectivity index (χ3v) is 5.30. The fourth-order valence-electron chi connectivity index (χ4n) is 3.33. The van der Waals surface area contributed by atoms with Gasteiger partial charge in [-0.2, -0.15) is 11.8 Å². The van der Waals surface area contributed by atoms with Gasteiger partial charge in [0, 0.05) is 43.5 Å². The number of carbonyl (C=O) groups is 1. The van der Waals surface area contributed by atoms with Crippen molar-refractivity contribution in [3.05, 3.63) is 0 Å². The molecule has 0 radical (unpaired) electrons. The minimum Gasteiger partial charge on any atom is -0.322 e. The maximum atomic E-state index is 12.4. The van der Waals surface area contributed by atoms with Crippen LogP contribution in [0, 0.1) is 0 Å². The molecule has 3 saturated heterocycles. The molecule has 0 N–H and O–H groups in total. The highest BCUT2D eigenvalue weighted by atomic mass is 32.2. The molecule has 0 spiro atoms. The number of fused-ring (bicyclic) bond motifs is 2. The van der Waals surface area contributed by atoms with E-state index in [1.54, 1.807) is 0 Å². The Morgan fingerprint density at radius 2 is 1.71 bits per heavy atom. The third kappa shape index (κ3) is 1.93. The second kappa shape index (κ2) is 4.35. The second-order valence-corrected chi connectivity index (χ2v) is 6.70. The van der Waals surface area contributed by atoms with E-state index in [1.165, 1.54) is 12.8 Å². The van der Waals surface area contributed by atoms with Crippen molar-refractivity contribution in [3.8, 4) is 0 Å². The molecule has 5 heteroatoms. The van der Waals surface area contributed by atoms with Crippen molar-refractivity contribution in [1.82, 2.24) is 14.7 Å². The zero-order valence-corrected chi connectivity index (χ0v) is 11.4. The van der Waals surface area contributed by atoms with Gasteiger partial charge in [-0.25, -0.2) is 4.79 Å². The number of hydrogen-bond donors (Lipinski definition) is 0. The molecule has 96 valence electrons. The molecule has 3 heterocycles. The number of rotatable bonds is 1. The van der Waals surface area contributed by atoms with Gasteiger partial charge in [0.05, 0.1) is 0 Å². The number of thioether (sulfide) groups is 1. The summed E-state index contributed by atoms with van der Waals surface area (Å²) in [5.41, 5.74) is 0. The molecule has 4 nitrogen and oxygen atoms in total. The Morgan fingerprint density at radius 1 is 1.12 bits per heavy atom. The lowest BCUT2D eigenvalue weighted by Gasteiger charge is -2.46. The predicted molar refractivity (Wildman–Crippen MR) is 70.4 cm³/mol. The number of hydrogen-bond acceptors (Lipinski definition) is 3. The second-order valence-electron chi connectivity index (χ2n) is 5.56. The molecule has 2 atom stereocenters. The number of carbonyl (C=O) groups excluding carboxylic acids is 1. The van der Waals surface area contributed by atoms with E-state index in [2.05, 4.69) is 23.1 Å². The maximum Gasteiger partial charge on any atom is 0.320 e. The number of nitrogens with zero attached hydrogens (tertiary/aromatic N) is 3. The molecule has 2 bridgehead atoms. The Kier molecular flexibility index (Phi) is 2.99. The highest BCUT2D eigenvalue weighted by molar-refractivity contribution is 7.99. The Bertz CT molecular complexity index is 305. The minimum atomic E-state index is 0.302. The van der Waals surface area contributed by atoms with Crippen LogP contribution in [0.25, 0.3) is 0 Å². The lowest BCUT2D eigenvalue weighted by molar-refractivity contribution is 0.0687. The zero-order chi connectivity index (χ0) is 12.0. The highest BCUT2D eigenvalue weighted by Gasteiger charge is 2.44. The summed E-state index contributed by atoms with van der Waals surface area (Å²) in [6.07, 6.45) is 4.52. The summed E-state index contributed by atoms with van der Waals surface area (Å²) in [5.74, 6) is 0. The first-order valence-electron chi connectivity index (χ1n) is 6.47. The summed E-state index contributed by atoms with van der Waals surface area (Å²) in [7, 11) is 2.17. The summed E-state index contributed by atoms with van der Waals surface area (Å²) in [4.78, 5) is 19.0. The molecule has 2 amide bonds. The van der Waals surface area contributed by atoms with Crippen LogP contribution in [0.3, 0.4) is 0 Å². The molecular weight excluding hydrogens is 234 g/mol. The van der Waals surface area contributed by atoms with Gasteiger partial charge in [0.2, 0.25) is 0 Å². The van der Waals surface area contributed by atoms with Crippen LogP contribution in [0.15, 0.2) is 0 Å². The average Bonchev–Trinajstić information content (AvgIpc) is 2.49. The molecule has 0 aromatic heterocycles. The van der Waals surface area contributed by atoms with Crippen LogP contribution < -0.4 is 0 Å². The van der Waals surface area contributed by atoms with Gasteiger partial charge >= 0.3 is 6.03 Å². The summed E-state index contributed by atoms with van der Waals surface area (Å²) >= 11 is 1.88. The molecule has 3 rings (SSSR count). The van der Waals surface area contributed by atoms with Crippen molar-refractivity contribution >= 4 is 17.8 Å². The van der Waals surface area contributed by atoms with Crippen molar-refractivity contribution in [2.45, 2.75) is 30.2 Å². The smallest absolute Gasteiger partial charge is 0.320 e. The van der Waals surface area contributed by atoms with Crippen LogP contribution in [0.4, 0.5) is 4.79 Å². The van der Waals surface area contributed by atoms with Crippen LogP contribution in [0.1, 0.15) is 12.8 Å². The molecule has 3 aliphatic heterocycles. The number of piperazine rings is 1. The van der Waals surface area contributed by atoms with Gasteiger partial charge in [-0.3, -0.25) is 0 Å². The van der Waals surface area contributed by atoms with Crippen molar-refractivity contribution in [1.29, 1.82) is 0 Å². The zero-order valence-electron chi connectivity index (χ0n) is 10.6. The molecule has 2 unspecified atom stereocenters. The number of urea groups is 1. The molecule has 0 aliphatic carbocycles. The third-order valence-electron chi connectivity index (χ3n) is 4.34. The van der Waals surface area contributed by atoms with E-state index >= 15 is 0 Å². The van der Waals surface area contributed by atoms with E-state index in [1.807, 2.05) is 16.7 Å². The summed E-state index contributed by atoms with van der Waals surface area (Å²) in [6.45, 7) is 4.02. The fourth-order valence-corrected chi connectivity index (χ4v) is 3.99. The Labute approximate surface area is 107 Å². The van der Waals surface area contributed by atoms with E-state index in [9.17, 15) is 4.79 Å². The SMILES string of the molecule is CSC1CN(C(=O)N2C3CCC2CN(C)C3)C1. The Morgan fingerprint density at radius 3 is 2.24 bits per heavy atom. The van der Waals surface area contributed by atoms with E-state index in [-0.39, 0.29) is 0 Å². The summed E-state index contributed by atoms with van der Waals surface area (Å²) < 4.78 is 0. The monoisotopic (exact) mass is 255 g/mol. The van der Waals surface area contributed by atoms with Crippen LogP contribution in [0.2, 0.25) is 0 Å². The lowest BCUT2D eigenvalue weighted by Crippen LogP contribution is -2.62. The first-order chi connectivity index (χ1) is 8.19. The first-order valence-corrected chi connectivity index (χ1v) is 7.76. The van der Waals surface area contributed by atoms with Crippen LogP contribution in [-0.2, 0) is 0 Å². The quantitative estimate of drug-likeness (QED) is 0.697. The topological polar surface area (TPSA) is 26.8 Å². The minimum absolute atomic E-state index is 0.302. The first kappa shape index (κ1) is 11.7. The van der Waals surface area contributed by atoms with Gasteiger partial charge in [0.1, 0.15) is 0 Å². The number of likely N-dealkylation sites (tertiary alicyclic amines) is 2. The van der Waals surface area contributed by atoms with Crippen molar-refractivity contribution in [3.63, 3.8) is 0 Å². The van der Waals surface area contributed by atoms with Crippen molar-refractivity contribution in [2.75, 3.05) is 39.5 Å². The van der Waals surface area contributed by atoms with Crippen LogP contribution in [0.5, 0.6) is 0 Å². The average molecular weight is 255 g/mol. The van der Waals surface area contributed by atoms with Crippen molar-refractivity contribution < 1.29 is 4.79 Å². The van der Waals surface area contributed by atoms with E-state index in [4.69, 9.17) is 0 Å². The maximum absolute atomic E-state index is 12.4. The molecule has 17 heavy (non-hydrogen) atoms. The summed E-state index contributed by atoms with van der Waals surface area (Å²) in [5, 5.41) is 0.670. The van der Waals surface area contributed by atoms with E-state index in [0.29, 0.717) is 23.4 Å². The summed E-state index contributed by atoms with van der Waals surface area (Å²) in [6, 6.07) is 1.25. The van der Waals surface area contributed by atoms with Gasteiger partial charge in [-0.15, -0.1) is 0 Å². The van der Waals surface area contributed by atoms with Crippen LogP contribution in [-0.4, -0.2) is 77.5 Å². The Balaban J connectivity index is 1.63. The predicted octanol–water partition coefficient (Wildman–Crippen LogP) is 0.932. The van der Waals surface area contributed by atoms with Crippen LogP contribution >= 0.6 is 11.8 Å². The standard InChI is InChI=1S/C12H21N3OS/c1-13-5-9-3-4-10(6-13)15(9)12(16)14-7-11(8-14)17-2/h9-11H,3-8H2,1-2H3. The van der Waals surface area contributed by atoms with E-state index in [0.717, 1.165) is 26.2 Å². The number of amides is 2. The van der Waals surface area contributed by atoms with Gasteiger partial charge in [0.25, 0.3) is 0 Å². The Hall–Kier alpha value is -0.420. The van der Waals surface area contributed by atoms with Gasteiger partial charge in [0.15, 0.2) is 0 Å². The molecule has 0 saturated carbocycles. The highest BCUT2D eigenvalue weighted by Crippen LogP contribution is 2.32. The van der Waals surface area contributed by atoms with Gasteiger partial charge in [-0.1, -0.05) is 0 Å². The van der Waals surface area contributed by atoms with Crippen molar-refractivity contribution in [2.24, 2.45) is 0 Å². The largest absolute Gasteiger partial charge is 0.322 e. The number of likely N-dealkylation sites (N-methyl/N-ethyl adjacent to an activating group) is 1. The molecule has 3 aliphatic rings. The lowest BCUT2D eigenvalue weighted by atomic mass is 10.2.